The number of hydrogen-bond donors (Lipinski definition) is 5. The number of ether oxygens (including phenoxy) is 1. The van der Waals surface area contributed by atoms with Gasteiger partial charge in [-0.25, -0.2) is 14.4 Å². The van der Waals surface area contributed by atoms with Gasteiger partial charge in [0.2, 0.25) is 5.91 Å². The van der Waals surface area contributed by atoms with Crippen LogP contribution in [0.25, 0.3) is 0 Å². The van der Waals surface area contributed by atoms with Crippen LogP contribution in [0.3, 0.4) is 0 Å². The molecule has 2 amide bonds. The Hall–Kier alpha value is -2.44. The normalized spacial score (nSPS) is 24.3. The van der Waals surface area contributed by atoms with Crippen LogP contribution in [0.1, 0.15) is 67.7 Å². The lowest BCUT2D eigenvalue weighted by Crippen LogP contribution is -2.53. The summed E-state index contributed by atoms with van der Waals surface area (Å²) in [6.07, 6.45) is -2.08. The molecule has 1 aliphatic heterocycles. The molecule has 1 aliphatic carbocycles. The zero-order valence-corrected chi connectivity index (χ0v) is 20.9. The maximum Gasteiger partial charge on any atom is 0.412 e. The van der Waals surface area contributed by atoms with Gasteiger partial charge in [0, 0.05) is 18.5 Å². The van der Waals surface area contributed by atoms with Crippen LogP contribution in [0, 0.1) is 0 Å². The Bertz CT molecular complexity index is 742. The van der Waals surface area contributed by atoms with E-state index in [2.05, 4.69) is 26.1 Å². The fraction of sp³-hybridized carbons (Fsp3) is 0.818. The molecule has 0 aromatic carbocycles. The summed E-state index contributed by atoms with van der Waals surface area (Å²) in [6.45, 7) is 14.0. The van der Waals surface area contributed by atoms with Gasteiger partial charge in [-0.2, -0.15) is 0 Å². The SMILES string of the molecule is CC(=O)N1CN(C(=O)OC(C)(C)C)[C@H]2CC[C@@H](NC(C)(C)C)C[C@H]21.O=C(O)C(O)C(O)C(=O)O. The van der Waals surface area contributed by atoms with Crippen LogP contribution in [0.5, 0.6) is 0 Å². The lowest BCUT2D eigenvalue weighted by atomic mass is 9.85. The second kappa shape index (κ2) is 11.3. The molecule has 0 radical (unpaired) electrons. The molecular formula is C22H39N3O9. The van der Waals surface area contributed by atoms with Crippen molar-refractivity contribution in [2.45, 2.75) is 109 Å². The quantitative estimate of drug-likeness (QED) is 0.376. The van der Waals surface area contributed by atoms with Crippen molar-refractivity contribution in [1.82, 2.24) is 15.1 Å². The minimum absolute atomic E-state index is 0.0208. The van der Waals surface area contributed by atoms with Crippen molar-refractivity contribution in [3.8, 4) is 0 Å². The Kier molecular flexibility index (Phi) is 9.86. The highest BCUT2D eigenvalue weighted by molar-refractivity contribution is 5.83. The smallest absolute Gasteiger partial charge is 0.412 e. The monoisotopic (exact) mass is 489 g/mol. The third-order valence-electron chi connectivity index (χ3n) is 5.36. The number of carbonyl (C=O) groups is 4. The number of aliphatic hydroxyl groups is 2. The molecular weight excluding hydrogens is 450 g/mol. The minimum atomic E-state index is -2.27. The third kappa shape index (κ3) is 8.73. The van der Waals surface area contributed by atoms with E-state index in [1.165, 1.54) is 0 Å². The Morgan fingerprint density at radius 3 is 1.76 bits per heavy atom. The van der Waals surface area contributed by atoms with E-state index in [1.807, 2.05) is 25.7 Å². The van der Waals surface area contributed by atoms with E-state index in [4.69, 9.17) is 25.2 Å². The first kappa shape index (κ1) is 29.6. The molecule has 0 bridgehead atoms. The molecule has 5 atom stereocenters. The molecule has 0 aromatic heterocycles. The van der Waals surface area contributed by atoms with E-state index in [0.717, 1.165) is 19.3 Å². The molecule has 12 nitrogen and oxygen atoms in total. The standard InChI is InChI=1S/C18H33N3O3.C4H6O6/c1-12(22)20-11-21(16(23)24-18(5,6)7)14-9-8-13(10-15(14)20)19-17(2,3)4;5-1(3(7)8)2(6)4(9)10/h13-15,19H,8-11H2,1-7H3;1-2,5-6H,(H,7,8)(H,9,10)/t13-,14+,15-;/m1./s1. The summed E-state index contributed by atoms with van der Waals surface area (Å²) in [5.74, 6) is -3.52. The van der Waals surface area contributed by atoms with E-state index in [-0.39, 0.29) is 29.6 Å². The van der Waals surface area contributed by atoms with E-state index in [0.29, 0.717) is 12.7 Å². The average Bonchev–Trinajstić information content (AvgIpc) is 3.03. The Morgan fingerprint density at radius 1 is 0.882 bits per heavy atom. The van der Waals surface area contributed by atoms with Crippen LogP contribution in [0.4, 0.5) is 4.79 Å². The first-order valence-electron chi connectivity index (χ1n) is 11.2. The number of carbonyl (C=O) groups excluding carboxylic acids is 2. The zero-order valence-electron chi connectivity index (χ0n) is 20.9. The summed E-state index contributed by atoms with van der Waals surface area (Å²) in [4.78, 5) is 47.7. The molecule has 2 rings (SSSR count). The van der Waals surface area contributed by atoms with Gasteiger partial charge in [-0.05, 0) is 60.8 Å². The van der Waals surface area contributed by atoms with E-state index < -0.39 is 29.7 Å². The third-order valence-corrected chi connectivity index (χ3v) is 5.36. The largest absolute Gasteiger partial charge is 0.479 e. The molecule has 2 aliphatic rings. The maximum atomic E-state index is 12.5. The fourth-order valence-electron chi connectivity index (χ4n) is 4.06. The molecule has 12 heteroatoms. The molecule has 196 valence electrons. The van der Waals surface area contributed by atoms with Gasteiger partial charge >= 0.3 is 18.0 Å². The summed E-state index contributed by atoms with van der Waals surface area (Å²) < 4.78 is 5.54. The van der Waals surface area contributed by atoms with Gasteiger partial charge in [0.1, 0.15) is 5.60 Å². The number of fused-ring (bicyclic) bond motifs is 1. The van der Waals surface area contributed by atoms with Gasteiger partial charge in [0.15, 0.2) is 12.2 Å². The Morgan fingerprint density at radius 2 is 1.38 bits per heavy atom. The first-order chi connectivity index (χ1) is 15.3. The molecule has 34 heavy (non-hydrogen) atoms. The van der Waals surface area contributed by atoms with Gasteiger partial charge in [0.25, 0.3) is 0 Å². The van der Waals surface area contributed by atoms with Crippen molar-refractivity contribution in [1.29, 1.82) is 0 Å². The fourth-order valence-corrected chi connectivity index (χ4v) is 4.06. The molecule has 1 saturated carbocycles. The van der Waals surface area contributed by atoms with Gasteiger partial charge in [-0.15, -0.1) is 0 Å². The number of carboxylic acid groups (broad SMARTS) is 2. The number of carboxylic acids is 2. The van der Waals surface area contributed by atoms with Crippen molar-refractivity contribution < 1.29 is 44.3 Å². The molecule has 0 aromatic rings. The lowest BCUT2D eigenvalue weighted by molar-refractivity contribution is -0.165. The number of nitrogens with zero attached hydrogens (tertiary/aromatic N) is 2. The van der Waals surface area contributed by atoms with Crippen LogP contribution in [0.2, 0.25) is 0 Å². The second-order valence-electron chi connectivity index (χ2n) is 10.7. The number of amides is 2. The van der Waals surface area contributed by atoms with Crippen molar-refractivity contribution in [2.75, 3.05) is 6.67 Å². The highest BCUT2D eigenvalue weighted by Gasteiger charge is 2.48. The van der Waals surface area contributed by atoms with Crippen molar-refractivity contribution in [2.24, 2.45) is 0 Å². The number of hydrogen-bond acceptors (Lipinski definition) is 8. The van der Waals surface area contributed by atoms with Crippen LogP contribution < -0.4 is 5.32 Å². The summed E-state index contributed by atoms with van der Waals surface area (Å²) in [7, 11) is 0. The molecule has 0 spiro atoms. The van der Waals surface area contributed by atoms with E-state index >= 15 is 0 Å². The average molecular weight is 490 g/mol. The summed E-state index contributed by atoms with van der Waals surface area (Å²) >= 11 is 0. The number of nitrogens with one attached hydrogen (secondary N) is 1. The predicted octanol–water partition coefficient (Wildman–Crippen LogP) is 0.598. The van der Waals surface area contributed by atoms with Crippen LogP contribution in [-0.4, -0.2) is 102 Å². The highest BCUT2D eigenvalue weighted by atomic mass is 16.6. The number of aliphatic hydroxyl groups excluding tert-OH is 2. The van der Waals surface area contributed by atoms with E-state index in [1.54, 1.807) is 11.8 Å². The van der Waals surface area contributed by atoms with Crippen LogP contribution in [-0.2, 0) is 19.1 Å². The molecule has 2 unspecified atom stereocenters. The second-order valence-corrected chi connectivity index (χ2v) is 10.7. The summed E-state index contributed by atoms with van der Waals surface area (Å²) in [5, 5.41) is 36.2. The summed E-state index contributed by atoms with van der Waals surface area (Å²) in [6, 6.07) is 0.497. The zero-order chi connectivity index (χ0) is 26.6. The van der Waals surface area contributed by atoms with Crippen molar-refractivity contribution in [3.05, 3.63) is 0 Å². The molecule has 1 heterocycles. The van der Waals surface area contributed by atoms with E-state index in [9.17, 15) is 19.2 Å². The van der Waals surface area contributed by atoms with Gasteiger partial charge in [0.05, 0.1) is 18.8 Å². The van der Waals surface area contributed by atoms with Gasteiger partial charge in [-0.1, -0.05) is 0 Å². The minimum Gasteiger partial charge on any atom is -0.479 e. The topological polar surface area (TPSA) is 177 Å². The molecule has 1 saturated heterocycles. The Labute approximate surface area is 199 Å². The van der Waals surface area contributed by atoms with Crippen LogP contribution >= 0.6 is 0 Å². The van der Waals surface area contributed by atoms with Gasteiger partial charge in [-0.3, -0.25) is 9.69 Å². The first-order valence-corrected chi connectivity index (χ1v) is 11.2. The number of rotatable bonds is 4. The highest BCUT2D eigenvalue weighted by Crippen LogP contribution is 2.34. The molecule has 5 N–H and O–H groups in total. The number of aliphatic carboxylic acids is 2. The molecule has 2 fully saturated rings. The van der Waals surface area contributed by atoms with Crippen molar-refractivity contribution in [3.63, 3.8) is 0 Å². The van der Waals surface area contributed by atoms with Gasteiger partial charge < -0.3 is 35.4 Å². The van der Waals surface area contributed by atoms with Crippen molar-refractivity contribution >= 4 is 23.9 Å². The predicted molar refractivity (Wildman–Crippen MR) is 121 cm³/mol. The van der Waals surface area contributed by atoms with Crippen LogP contribution in [0.15, 0.2) is 0 Å². The maximum absolute atomic E-state index is 12.5. The lowest BCUT2D eigenvalue weighted by Gasteiger charge is -2.39. The summed E-state index contributed by atoms with van der Waals surface area (Å²) in [5.41, 5.74) is -0.483. The Balaban J connectivity index is 0.000000489.